The van der Waals surface area contributed by atoms with Crippen LogP contribution in [0.4, 0.5) is 26.3 Å². The van der Waals surface area contributed by atoms with Gasteiger partial charge in [0.05, 0.1) is 5.41 Å². The first kappa shape index (κ1) is 19.4. The van der Waals surface area contributed by atoms with E-state index in [1.165, 1.54) is 20.8 Å². The number of rotatable bonds is 2. The van der Waals surface area contributed by atoms with Crippen molar-refractivity contribution in [2.24, 2.45) is 5.41 Å². The number of esters is 1. The lowest BCUT2D eigenvalue weighted by Crippen LogP contribution is -2.47. The molecule has 0 N–H and O–H groups in total. The first-order valence-electron chi connectivity index (χ1n) is 6.68. The fraction of sp³-hybridized carbons (Fsp3) is 0.769. The van der Waals surface area contributed by atoms with Crippen LogP contribution in [0.25, 0.3) is 0 Å². The lowest BCUT2D eigenvalue weighted by Gasteiger charge is -2.20. The molecule has 0 fully saturated rings. The predicted molar refractivity (Wildman–Crippen MR) is 65.8 cm³/mol. The van der Waals surface area contributed by atoms with Gasteiger partial charge >= 0.3 is 24.2 Å². The van der Waals surface area contributed by atoms with E-state index in [1.807, 2.05) is 0 Å². The van der Waals surface area contributed by atoms with Crippen molar-refractivity contribution in [1.29, 1.82) is 0 Å². The standard InChI is InChI=1S/C13H16F6NO3/c1-11(2,3)9(21)20-6-4-5-7(20)8(12(14,15)16)23-10(22)13(17,18)19/h8H,4-6H2,1-3H3/q+1. The van der Waals surface area contributed by atoms with Crippen LogP contribution in [0.5, 0.6) is 0 Å². The monoisotopic (exact) mass is 348 g/mol. The molecule has 10 heteroatoms. The molecule has 0 aromatic rings. The van der Waals surface area contributed by atoms with Crippen molar-refractivity contribution in [3.05, 3.63) is 0 Å². The van der Waals surface area contributed by atoms with Gasteiger partial charge in [-0.25, -0.2) is 9.59 Å². The summed E-state index contributed by atoms with van der Waals surface area (Å²) in [4.78, 5) is 23.0. The molecule has 132 valence electrons. The Balaban J connectivity index is 3.26. The Kier molecular flexibility index (Phi) is 5.17. The van der Waals surface area contributed by atoms with E-state index in [4.69, 9.17) is 0 Å². The fourth-order valence-electron chi connectivity index (χ4n) is 2.10. The van der Waals surface area contributed by atoms with Crippen molar-refractivity contribution in [3.8, 4) is 0 Å². The summed E-state index contributed by atoms with van der Waals surface area (Å²) in [7, 11) is 0. The molecule has 0 aromatic carbocycles. The highest BCUT2D eigenvalue weighted by molar-refractivity contribution is 5.93. The molecule has 0 saturated heterocycles. The predicted octanol–water partition coefficient (Wildman–Crippen LogP) is 2.84. The van der Waals surface area contributed by atoms with E-state index in [-0.39, 0.29) is 19.4 Å². The summed E-state index contributed by atoms with van der Waals surface area (Å²) in [5.74, 6) is -3.62. The minimum Gasteiger partial charge on any atom is -0.435 e. The fourth-order valence-corrected chi connectivity index (χ4v) is 2.10. The number of hydrogen-bond donors (Lipinski definition) is 0. The molecule has 1 unspecified atom stereocenters. The number of carbonyl (C=O) groups excluding carboxylic acids is 2. The number of halogens is 6. The molecule has 1 aliphatic rings. The van der Waals surface area contributed by atoms with Crippen LogP contribution in [0.15, 0.2) is 0 Å². The second kappa shape index (κ2) is 6.12. The van der Waals surface area contributed by atoms with Crippen LogP contribution in [-0.2, 0) is 14.3 Å². The van der Waals surface area contributed by atoms with Crippen molar-refractivity contribution < 1.29 is 45.2 Å². The lowest BCUT2D eigenvalue weighted by molar-refractivity contribution is -0.453. The Hall–Kier alpha value is -1.61. The summed E-state index contributed by atoms with van der Waals surface area (Å²) in [5.41, 5.74) is -1.70. The van der Waals surface area contributed by atoms with Gasteiger partial charge in [-0.2, -0.15) is 30.9 Å². The number of ether oxygens (including phenoxy) is 1. The van der Waals surface area contributed by atoms with Gasteiger partial charge in [0.15, 0.2) is 6.54 Å². The molecule has 0 bridgehead atoms. The number of nitrogens with zero attached hydrogens (tertiary/aromatic N) is 1. The maximum absolute atomic E-state index is 13.1. The first-order valence-corrected chi connectivity index (χ1v) is 6.68. The van der Waals surface area contributed by atoms with Gasteiger partial charge in [0, 0.05) is 12.8 Å². The summed E-state index contributed by atoms with van der Waals surface area (Å²) >= 11 is 0. The van der Waals surface area contributed by atoms with E-state index in [0.29, 0.717) is 0 Å². The molecule has 0 spiro atoms. The van der Waals surface area contributed by atoms with Crippen LogP contribution < -0.4 is 0 Å². The Morgan fingerprint density at radius 2 is 1.61 bits per heavy atom. The van der Waals surface area contributed by atoms with E-state index < -0.39 is 41.5 Å². The Morgan fingerprint density at radius 3 is 2.00 bits per heavy atom. The van der Waals surface area contributed by atoms with Crippen LogP contribution in [-0.4, -0.2) is 47.2 Å². The van der Waals surface area contributed by atoms with Crippen LogP contribution in [0.3, 0.4) is 0 Å². The van der Waals surface area contributed by atoms with Crippen molar-refractivity contribution in [2.45, 2.75) is 52.1 Å². The van der Waals surface area contributed by atoms with Gasteiger partial charge in [-0.15, -0.1) is 0 Å². The van der Waals surface area contributed by atoms with Gasteiger partial charge in [0.25, 0.3) is 6.10 Å². The number of alkyl halides is 6. The van der Waals surface area contributed by atoms with Gasteiger partial charge in [-0.05, 0) is 20.8 Å². The average Bonchev–Trinajstić information content (AvgIpc) is 2.79. The van der Waals surface area contributed by atoms with Gasteiger partial charge in [0.2, 0.25) is 5.71 Å². The maximum atomic E-state index is 13.1. The highest BCUT2D eigenvalue weighted by Crippen LogP contribution is 2.30. The molecule has 0 saturated carbocycles. The van der Waals surface area contributed by atoms with E-state index in [9.17, 15) is 35.9 Å². The van der Waals surface area contributed by atoms with Crippen molar-refractivity contribution in [3.63, 3.8) is 0 Å². The van der Waals surface area contributed by atoms with E-state index in [2.05, 4.69) is 4.74 Å². The molecule has 1 atom stereocenters. The molecule has 1 aliphatic heterocycles. The average molecular weight is 348 g/mol. The van der Waals surface area contributed by atoms with Gasteiger partial charge in [0.1, 0.15) is 0 Å². The second-order valence-corrected chi connectivity index (χ2v) is 6.13. The number of hydrogen-bond acceptors (Lipinski definition) is 3. The quantitative estimate of drug-likeness (QED) is 0.438. The normalized spacial score (nSPS) is 18.1. The summed E-state index contributed by atoms with van der Waals surface area (Å²) in [6, 6.07) is 0. The second-order valence-electron chi connectivity index (χ2n) is 6.13. The molecule has 4 nitrogen and oxygen atoms in total. The zero-order chi connectivity index (χ0) is 18.2. The Labute approximate surface area is 128 Å². The third-order valence-electron chi connectivity index (χ3n) is 3.10. The minimum atomic E-state index is -5.55. The summed E-state index contributed by atoms with van der Waals surface area (Å²) in [6.45, 7) is 4.34. The van der Waals surface area contributed by atoms with Crippen molar-refractivity contribution in [2.75, 3.05) is 6.54 Å². The SMILES string of the molecule is CC(C)(C)C(=O)[N+]1=C(C(OC(=O)C(F)(F)F)C(F)(F)F)CCC1. The van der Waals surface area contributed by atoms with E-state index in [0.717, 1.165) is 4.58 Å². The molecule has 0 aromatic heterocycles. The van der Waals surface area contributed by atoms with Gasteiger partial charge in [-0.3, -0.25) is 0 Å². The number of carbonyl (C=O) groups is 2. The zero-order valence-electron chi connectivity index (χ0n) is 12.6. The largest absolute Gasteiger partial charge is 0.490 e. The van der Waals surface area contributed by atoms with E-state index >= 15 is 0 Å². The van der Waals surface area contributed by atoms with Gasteiger partial charge in [-0.1, -0.05) is 0 Å². The molecule has 1 rings (SSSR count). The summed E-state index contributed by atoms with van der Waals surface area (Å²) in [5, 5.41) is 0. The van der Waals surface area contributed by atoms with Crippen LogP contribution in [0.2, 0.25) is 0 Å². The summed E-state index contributed by atoms with van der Waals surface area (Å²) < 4.78 is 80.1. The molecular weight excluding hydrogens is 332 g/mol. The third-order valence-corrected chi connectivity index (χ3v) is 3.10. The smallest absolute Gasteiger partial charge is 0.435 e. The maximum Gasteiger partial charge on any atom is 0.490 e. The minimum absolute atomic E-state index is 0.0679. The number of amides is 1. The van der Waals surface area contributed by atoms with E-state index in [1.54, 1.807) is 0 Å². The molecule has 1 heterocycles. The summed E-state index contributed by atoms with van der Waals surface area (Å²) in [6.07, 6.45) is -14.0. The Morgan fingerprint density at radius 1 is 1.09 bits per heavy atom. The first-order chi connectivity index (χ1) is 10.2. The van der Waals surface area contributed by atoms with Crippen LogP contribution in [0, 0.1) is 5.41 Å². The lowest BCUT2D eigenvalue weighted by atomic mass is 9.95. The Bertz CT molecular complexity index is 527. The third kappa shape index (κ3) is 4.68. The van der Waals surface area contributed by atoms with Crippen molar-refractivity contribution in [1.82, 2.24) is 0 Å². The molecule has 23 heavy (non-hydrogen) atoms. The molecule has 0 aliphatic carbocycles. The topological polar surface area (TPSA) is 46.4 Å². The zero-order valence-corrected chi connectivity index (χ0v) is 12.6. The highest BCUT2D eigenvalue weighted by atomic mass is 19.4. The highest BCUT2D eigenvalue weighted by Gasteiger charge is 2.56. The van der Waals surface area contributed by atoms with Gasteiger partial charge < -0.3 is 4.74 Å². The molecule has 0 radical (unpaired) electrons. The van der Waals surface area contributed by atoms with Crippen molar-refractivity contribution >= 4 is 17.6 Å². The van der Waals surface area contributed by atoms with Crippen LogP contribution in [0.1, 0.15) is 33.6 Å². The molecular formula is C13H16F6NO3+. The van der Waals surface area contributed by atoms with Crippen LogP contribution >= 0.6 is 0 Å². The molecule has 1 amide bonds.